The predicted octanol–water partition coefficient (Wildman–Crippen LogP) is 5.61. The quantitative estimate of drug-likeness (QED) is 0.387. The minimum absolute atomic E-state index is 0.194. The van der Waals surface area contributed by atoms with Gasteiger partial charge in [0.2, 0.25) is 0 Å². The number of esters is 1. The number of benzene rings is 1. The average molecular weight is 414 g/mol. The topological polar surface area (TPSA) is 47.6 Å². The molecule has 2 aliphatic rings. The summed E-state index contributed by atoms with van der Waals surface area (Å²) in [5, 5.41) is 3.42. The summed E-state index contributed by atoms with van der Waals surface area (Å²) in [6, 6.07) is 6.09. The summed E-state index contributed by atoms with van der Waals surface area (Å²) < 4.78 is 11.3. The normalized spacial score (nSPS) is 23.0. The highest BCUT2D eigenvalue weighted by atomic mass is 16.5. The maximum absolute atomic E-state index is 12.1. The standard InChI is InChI=1S/C24H33NO3.C2H6/c1-6-25-24(27-5)13-11-17(12-14-24)18-7-8-20-16-21(10-9-19(20)15-18)28-22(26)23(2,3)4;1-2/h9-13,16,18,25H,6-8,14-15H2,1-5H3;1-2H3/t18-,24?;/m1./s1. The maximum Gasteiger partial charge on any atom is 0.316 e. The predicted molar refractivity (Wildman–Crippen MR) is 124 cm³/mol. The lowest BCUT2D eigenvalue weighted by molar-refractivity contribution is -0.143. The van der Waals surface area contributed by atoms with Crippen LogP contribution in [0.2, 0.25) is 0 Å². The van der Waals surface area contributed by atoms with Crippen molar-refractivity contribution in [2.45, 2.75) is 73.0 Å². The van der Waals surface area contributed by atoms with Crippen LogP contribution in [0.5, 0.6) is 5.75 Å². The average Bonchev–Trinajstić information content (AvgIpc) is 2.75. The third-order valence-electron chi connectivity index (χ3n) is 5.73. The van der Waals surface area contributed by atoms with Crippen LogP contribution < -0.4 is 10.1 Å². The van der Waals surface area contributed by atoms with Crippen molar-refractivity contribution in [1.29, 1.82) is 0 Å². The highest BCUT2D eigenvalue weighted by Gasteiger charge is 2.30. The summed E-state index contributed by atoms with van der Waals surface area (Å²) in [4.78, 5) is 12.1. The number of hydrogen-bond acceptors (Lipinski definition) is 4. The molecular formula is C26H39NO3. The summed E-state index contributed by atoms with van der Waals surface area (Å²) in [7, 11) is 1.76. The van der Waals surface area contributed by atoms with Crippen molar-refractivity contribution in [3.63, 3.8) is 0 Å². The monoisotopic (exact) mass is 413 g/mol. The van der Waals surface area contributed by atoms with Gasteiger partial charge >= 0.3 is 5.97 Å². The molecule has 2 atom stereocenters. The molecule has 166 valence electrons. The number of nitrogens with one attached hydrogen (secondary N) is 1. The van der Waals surface area contributed by atoms with E-state index in [0.717, 1.165) is 32.2 Å². The number of carbonyl (C=O) groups excluding carboxylic acids is 1. The van der Waals surface area contributed by atoms with E-state index in [1.54, 1.807) is 7.11 Å². The Morgan fingerprint density at radius 1 is 1.23 bits per heavy atom. The van der Waals surface area contributed by atoms with Crippen LogP contribution in [0.15, 0.2) is 42.0 Å². The van der Waals surface area contributed by atoms with Crippen LogP contribution in [-0.4, -0.2) is 25.3 Å². The van der Waals surface area contributed by atoms with Gasteiger partial charge in [0, 0.05) is 13.5 Å². The lowest BCUT2D eigenvalue weighted by Gasteiger charge is -2.34. The minimum Gasteiger partial charge on any atom is -0.426 e. The first-order valence-electron chi connectivity index (χ1n) is 11.3. The minimum atomic E-state index is -0.495. The molecule has 1 aromatic carbocycles. The number of rotatable bonds is 5. The number of allylic oxidation sites excluding steroid dienone is 2. The first kappa shape index (κ1) is 24.4. The van der Waals surface area contributed by atoms with E-state index in [-0.39, 0.29) is 11.7 Å². The Labute approximate surface area is 182 Å². The van der Waals surface area contributed by atoms with Gasteiger partial charge in [-0.2, -0.15) is 0 Å². The van der Waals surface area contributed by atoms with Gasteiger partial charge in [0.1, 0.15) is 11.5 Å². The molecule has 0 heterocycles. The molecule has 0 bridgehead atoms. The van der Waals surface area contributed by atoms with E-state index in [9.17, 15) is 4.79 Å². The molecule has 0 aromatic heterocycles. The number of fused-ring (bicyclic) bond motifs is 1. The van der Waals surface area contributed by atoms with Crippen LogP contribution in [0.1, 0.15) is 65.5 Å². The van der Waals surface area contributed by atoms with Crippen molar-refractivity contribution in [2.24, 2.45) is 11.3 Å². The third kappa shape index (κ3) is 5.83. The molecule has 0 radical (unpaired) electrons. The zero-order valence-electron chi connectivity index (χ0n) is 19.8. The van der Waals surface area contributed by atoms with E-state index in [1.165, 1.54) is 16.7 Å². The summed E-state index contributed by atoms with van der Waals surface area (Å²) in [6.45, 7) is 12.6. The smallest absolute Gasteiger partial charge is 0.316 e. The van der Waals surface area contributed by atoms with Gasteiger partial charge in [0.25, 0.3) is 0 Å². The molecule has 4 heteroatoms. The van der Waals surface area contributed by atoms with Crippen LogP contribution in [0.25, 0.3) is 0 Å². The number of likely N-dealkylation sites (N-methyl/N-ethyl adjacent to an activating group) is 1. The lowest BCUT2D eigenvalue weighted by Crippen LogP contribution is -2.45. The molecule has 30 heavy (non-hydrogen) atoms. The van der Waals surface area contributed by atoms with Crippen LogP contribution in [0.4, 0.5) is 0 Å². The largest absolute Gasteiger partial charge is 0.426 e. The van der Waals surface area contributed by atoms with E-state index < -0.39 is 5.41 Å². The van der Waals surface area contributed by atoms with E-state index in [1.807, 2.05) is 46.8 Å². The van der Waals surface area contributed by atoms with Gasteiger partial charge < -0.3 is 9.47 Å². The highest BCUT2D eigenvalue weighted by molar-refractivity contribution is 5.77. The Balaban J connectivity index is 0.00000155. The molecule has 1 aromatic rings. The van der Waals surface area contributed by atoms with Gasteiger partial charge in [-0.1, -0.05) is 39.0 Å². The molecular weight excluding hydrogens is 374 g/mol. The Bertz CT molecular complexity index is 788. The fraction of sp³-hybridized carbons (Fsp3) is 0.577. The van der Waals surface area contributed by atoms with Crippen molar-refractivity contribution in [1.82, 2.24) is 5.32 Å². The second-order valence-corrected chi connectivity index (χ2v) is 8.88. The molecule has 0 saturated carbocycles. The van der Waals surface area contributed by atoms with Crippen molar-refractivity contribution >= 4 is 5.97 Å². The Hall–Kier alpha value is -1.91. The second-order valence-electron chi connectivity index (χ2n) is 8.88. The fourth-order valence-corrected chi connectivity index (χ4v) is 3.93. The van der Waals surface area contributed by atoms with Gasteiger partial charge in [0.05, 0.1) is 5.41 Å². The lowest BCUT2D eigenvalue weighted by atomic mass is 9.78. The summed E-state index contributed by atoms with van der Waals surface area (Å²) in [6.07, 6.45) is 10.7. The summed E-state index contributed by atoms with van der Waals surface area (Å²) in [5.41, 5.74) is 3.20. The van der Waals surface area contributed by atoms with Gasteiger partial charge in [-0.15, -0.1) is 0 Å². The number of hydrogen-bond donors (Lipinski definition) is 1. The van der Waals surface area contributed by atoms with Crippen LogP contribution in [0, 0.1) is 11.3 Å². The van der Waals surface area contributed by atoms with Crippen molar-refractivity contribution in [2.75, 3.05) is 13.7 Å². The van der Waals surface area contributed by atoms with Crippen LogP contribution in [-0.2, 0) is 22.4 Å². The molecule has 1 N–H and O–H groups in total. The molecule has 4 nitrogen and oxygen atoms in total. The molecule has 0 aliphatic heterocycles. The number of ether oxygens (including phenoxy) is 2. The SMILES string of the molecule is CC.CCNC1(OC)C=CC([C@@H]2CCc3cc(OC(=O)C(C)(C)C)ccc3C2)=CC1. The van der Waals surface area contributed by atoms with E-state index in [2.05, 4.69) is 36.5 Å². The Morgan fingerprint density at radius 2 is 1.97 bits per heavy atom. The summed E-state index contributed by atoms with van der Waals surface area (Å²) in [5.74, 6) is 0.994. The number of methoxy groups -OCH3 is 1. The molecule has 3 rings (SSSR count). The van der Waals surface area contributed by atoms with Crippen LogP contribution >= 0.6 is 0 Å². The zero-order valence-corrected chi connectivity index (χ0v) is 19.8. The molecule has 1 unspecified atom stereocenters. The van der Waals surface area contributed by atoms with Crippen molar-refractivity contribution < 1.29 is 14.3 Å². The third-order valence-corrected chi connectivity index (χ3v) is 5.73. The maximum atomic E-state index is 12.1. The number of carbonyl (C=O) groups is 1. The van der Waals surface area contributed by atoms with Crippen molar-refractivity contribution in [3.8, 4) is 5.75 Å². The molecule has 0 amide bonds. The van der Waals surface area contributed by atoms with Gasteiger partial charge in [-0.25, -0.2) is 0 Å². The highest BCUT2D eigenvalue weighted by Crippen LogP contribution is 2.35. The van der Waals surface area contributed by atoms with E-state index in [0.29, 0.717) is 11.7 Å². The van der Waals surface area contributed by atoms with Gasteiger partial charge in [-0.3, -0.25) is 10.1 Å². The molecule has 2 aliphatic carbocycles. The van der Waals surface area contributed by atoms with E-state index >= 15 is 0 Å². The second kappa shape index (κ2) is 10.4. The number of aryl methyl sites for hydroxylation is 1. The van der Waals surface area contributed by atoms with Crippen molar-refractivity contribution in [3.05, 3.63) is 53.1 Å². The molecule has 0 saturated heterocycles. The first-order chi connectivity index (χ1) is 14.3. The van der Waals surface area contributed by atoms with Gasteiger partial charge in [0.15, 0.2) is 0 Å². The molecule has 0 spiro atoms. The Kier molecular flexibility index (Phi) is 8.45. The first-order valence-corrected chi connectivity index (χ1v) is 11.3. The Morgan fingerprint density at radius 3 is 2.53 bits per heavy atom. The van der Waals surface area contributed by atoms with Gasteiger partial charge in [-0.05, 0) is 87.4 Å². The molecule has 0 fully saturated rings. The van der Waals surface area contributed by atoms with Crippen LogP contribution in [0.3, 0.4) is 0 Å². The zero-order chi connectivity index (χ0) is 22.4. The summed E-state index contributed by atoms with van der Waals surface area (Å²) >= 11 is 0. The van der Waals surface area contributed by atoms with E-state index in [4.69, 9.17) is 9.47 Å². The fourth-order valence-electron chi connectivity index (χ4n) is 3.93.